The zero-order valence-corrected chi connectivity index (χ0v) is 9.11. The van der Waals surface area contributed by atoms with Crippen LogP contribution < -0.4 is 0 Å². The van der Waals surface area contributed by atoms with Crippen molar-refractivity contribution in [3.8, 4) is 0 Å². The Balaban J connectivity index is 2.43. The van der Waals surface area contributed by atoms with Crippen LogP contribution in [0.2, 0.25) is 0 Å². The van der Waals surface area contributed by atoms with Crippen molar-refractivity contribution in [2.45, 2.75) is 32.7 Å². The van der Waals surface area contributed by atoms with Gasteiger partial charge in [0.25, 0.3) is 0 Å². The van der Waals surface area contributed by atoms with Crippen LogP contribution in [-0.2, 0) is 15.3 Å². The first kappa shape index (κ1) is 10.2. The molecule has 3 heteroatoms. The maximum Gasteiger partial charge on any atom is 0.341 e. The minimum Gasteiger partial charge on any atom is -0.425 e. The number of rotatable bonds is 2. The molecule has 2 rings (SSSR count). The average molecular weight is 206 g/mol. The van der Waals surface area contributed by atoms with E-state index in [1.807, 2.05) is 32.0 Å². The summed E-state index contributed by atoms with van der Waals surface area (Å²) in [5.41, 5.74) is 1.41. The molecule has 1 heterocycles. The first-order chi connectivity index (χ1) is 7.03. The van der Waals surface area contributed by atoms with Crippen LogP contribution in [0.3, 0.4) is 0 Å². The third kappa shape index (κ3) is 1.63. The van der Waals surface area contributed by atoms with Gasteiger partial charge in [-0.3, -0.25) is 0 Å². The maximum absolute atomic E-state index is 11.6. The number of benzene rings is 1. The summed E-state index contributed by atoms with van der Waals surface area (Å²) in [5.74, 6) is -1.24. The van der Waals surface area contributed by atoms with Gasteiger partial charge in [-0.25, -0.2) is 4.79 Å². The molecule has 0 spiro atoms. The van der Waals surface area contributed by atoms with Crippen molar-refractivity contribution in [3.63, 3.8) is 0 Å². The minimum absolute atomic E-state index is 0.00829. The van der Waals surface area contributed by atoms with Gasteiger partial charge in [0.15, 0.2) is 0 Å². The predicted octanol–water partition coefficient (Wildman–Crippen LogP) is 2.45. The first-order valence-corrected chi connectivity index (χ1v) is 5.03. The summed E-state index contributed by atoms with van der Waals surface area (Å²) >= 11 is 0. The Bertz CT molecular complexity index is 398. The Labute approximate surface area is 89.0 Å². The van der Waals surface area contributed by atoms with Gasteiger partial charge >= 0.3 is 5.97 Å². The van der Waals surface area contributed by atoms with E-state index in [9.17, 15) is 4.79 Å². The molecule has 15 heavy (non-hydrogen) atoms. The number of fused-ring (bicyclic) bond motifs is 1. The van der Waals surface area contributed by atoms with E-state index in [1.54, 1.807) is 13.0 Å². The molecule has 1 aromatic carbocycles. The van der Waals surface area contributed by atoms with Gasteiger partial charge in [-0.1, -0.05) is 18.2 Å². The third-order valence-electron chi connectivity index (χ3n) is 2.38. The normalized spacial score (nSPS) is 24.1. The fourth-order valence-electron chi connectivity index (χ4n) is 1.88. The van der Waals surface area contributed by atoms with Crippen molar-refractivity contribution in [2.75, 3.05) is 0 Å². The van der Waals surface area contributed by atoms with Crippen molar-refractivity contribution >= 4 is 5.97 Å². The summed E-state index contributed by atoms with van der Waals surface area (Å²) in [6.45, 7) is 5.61. The molecular weight excluding hydrogens is 192 g/mol. The van der Waals surface area contributed by atoms with E-state index in [1.165, 1.54) is 0 Å². The quantitative estimate of drug-likeness (QED) is 0.697. The number of carbonyl (C=O) groups excluding carboxylic acids is 1. The molecule has 1 aliphatic heterocycles. The van der Waals surface area contributed by atoms with Gasteiger partial charge in [-0.05, 0) is 19.9 Å². The Morgan fingerprint density at radius 3 is 2.67 bits per heavy atom. The molecule has 0 aromatic heterocycles. The zero-order chi connectivity index (χ0) is 11.1. The molecule has 0 saturated heterocycles. The molecule has 0 saturated carbocycles. The molecule has 1 aromatic rings. The van der Waals surface area contributed by atoms with E-state index in [4.69, 9.17) is 9.47 Å². The van der Waals surface area contributed by atoms with Crippen LogP contribution in [0.15, 0.2) is 24.3 Å². The van der Waals surface area contributed by atoms with Crippen molar-refractivity contribution in [1.82, 2.24) is 0 Å². The van der Waals surface area contributed by atoms with Gasteiger partial charge in [-0.2, -0.15) is 0 Å². The number of hydrogen-bond acceptors (Lipinski definition) is 3. The highest BCUT2D eigenvalue weighted by atomic mass is 16.7. The first-order valence-electron chi connectivity index (χ1n) is 5.03. The monoisotopic (exact) mass is 206 g/mol. The van der Waals surface area contributed by atoms with Crippen LogP contribution in [0.1, 0.15) is 36.7 Å². The van der Waals surface area contributed by atoms with Gasteiger partial charge in [-0.15, -0.1) is 0 Å². The molecule has 0 N–H and O–H groups in total. The largest absolute Gasteiger partial charge is 0.425 e. The molecule has 0 amide bonds. The lowest BCUT2D eigenvalue weighted by molar-refractivity contribution is -0.211. The van der Waals surface area contributed by atoms with Gasteiger partial charge in [0.2, 0.25) is 5.79 Å². The van der Waals surface area contributed by atoms with Gasteiger partial charge in [0, 0.05) is 12.5 Å². The van der Waals surface area contributed by atoms with Crippen LogP contribution in [0, 0.1) is 0 Å². The summed E-state index contributed by atoms with van der Waals surface area (Å²) in [7, 11) is 0. The maximum atomic E-state index is 11.6. The van der Waals surface area contributed by atoms with Crippen molar-refractivity contribution in [2.24, 2.45) is 0 Å². The Hall–Kier alpha value is -1.35. The van der Waals surface area contributed by atoms with Crippen molar-refractivity contribution in [3.05, 3.63) is 35.4 Å². The molecule has 0 radical (unpaired) electrons. The minimum atomic E-state index is -0.929. The van der Waals surface area contributed by atoms with E-state index >= 15 is 0 Å². The van der Waals surface area contributed by atoms with Gasteiger partial charge < -0.3 is 9.47 Å². The van der Waals surface area contributed by atoms with Crippen LogP contribution in [0.5, 0.6) is 0 Å². The summed E-state index contributed by atoms with van der Waals surface area (Å²) in [4.78, 5) is 11.6. The number of hydrogen-bond donors (Lipinski definition) is 0. The predicted molar refractivity (Wildman–Crippen MR) is 55.4 cm³/mol. The molecular formula is C12H14O3. The topological polar surface area (TPSA) is 35.5 Å². The molecule has 0 bridgehead atoms. The molecule has 80 valence electrons. The van der Waals surface area contributed by atoms with Crippen LogP contribution in [0.25, 0.3) is 0 Å². The smallest absolute Gasteiger partial charge is 0.341 e. The Morgan fingerprint density at radius 2 is 2.00 bits per heavy atom. The van der Waals surface area contributed by atoms with Crippen LogP contribution in [-0.4, -0.2) is 12.1 Å². The van der Waals surface area contributed by atoms with E-state index in [0.717, 1.165) is 5.56 Å². The molecule has 1 aliphatic rings. The number of esters is 1. The molecule has 1 unspecified atom stereocenters. The van der Waals surface area contributed by atoms with Crippen LogP contribution in [0.4, 0.5) is 0 Å². The lowest BCUT2D eigenvalue weighted by Gasteiger charge is -2.26. The summed E-state index contributed by atoms with van der Waals surface area (Å²) in [5, 5.41) is 0. The second kappa shape index (κ2) is 3.35. The van der Waals surface area contributed by atoms with Crippen molar-refractivity contribution in [1.29, 1.82) is 0 Å². The zero-order valence-electron chi connectivity index (χ0n) is 9.11. The molecule has 0 aliphatic carbocycles. The fraction of sp³-hybridized carbons (Fsp3) is 0.417. The van der Waals surface area contributed by atoms with E-state index in [-0.39, 0.29) is 12.1 Å². The number of carbonyl (C=O) groups is 1. The third-order valence-corrected chi connectivity index (χ3v) is 2.38. The second-order valence-corrected chi connectivity index (χ2v) is 4.05. The van der Waals surface area contributed by atoms with E-state index < -0.39 is 5.79 Å². The van der Waals surface area contributed by atoms with Crippen molar-refractivity contribution < 1.29 is 14.3 Å². The standard InChI is InChI=1S/C12H14O3/c1-8(2)14-12(3)10-7-5-4-6-9(10)11(13)15-12/h4-8H,1-3H3. The van der Waals surface area contributed by atoms with E-state index in [0.29, 0.717) is 5.56 Å². The SMILES string of the molecule is CC(C)OC1(C)OC(=O)c2ccccc21. The Kier molecular flexibility index (Phi) is 2.27. The number of cyclic esters (lactones) is 1. The van der Waals surface area contributed by atoms with Gasteiger partial charge in [0.1, 0.15) is 0 Å². The molecule has 3 nitrogen and oxygen atoms in total. The highest BCUT2D eigenvalue weighted by Gasteiger charge is 2.43. The van der Waals surface area contributed by atoms with E-state index in [2.05, 4.69) is 0 Å². The number of ether oxygens (including phenoxy) is 2. The summed E-state index contributed by atoms with van der Waals surface area (Å²) < 4.78 is 10.9. The highest BCUT2D eigenvalue weighted by Crippen LogP contribution is 2.37. The average Bonchev–Trinajstić information content (AvgIpc) is 2.39. The summed E-state index contributed by atoms with van der Waals surface area (Å²) in [6, 6.07) is 7.32. The Morgan fingerprint density at radius 1 is 1.33 bits per heavy atom. The molecule has 0 fully saturated rings. The lowest BCUT2D eigenvalue weighted by Crippen LogP contribution is -2.29. The fourth-order valence-corrected chi connectivity index (χ4v) is 1.88. The molecule has 1 atom stereocenters. The lowest BCUT2D eigenvalue weighted by atomic mass is 10.0. The van der Waals surface area contributed by atoms with Gasteiger partial charge in [0.05, 0.1) is 11.7 Å². The van der Waals surface area contributed by atoms with Crippen LogP contribution >= 0.6 is 0 Å². The second-order valence-electron chi connectivity index (χ2n) is 4.05. The highest BCUT2D eigenvalue weighted by molar-refractivity contribution is 5.94. The summed E-state index contributed by atoms with van der Waals surface area (Å²) in [6.07, 6.45) is 0.00829.